The van der Waals surface area contributed by atoms with Crippen molar-refractivity contribution in [2.75, 3.05) is 0 Å². The van der Waals surface area contributed by atoms with Crippen LogP contribution < -0.4 is 0 Å². The normalized spacial score (nSPS) is 21.9. The van der Waals surface area contributed by atoms with Crippen molar-refractivity contribution in [3.05, 3.63) is 11.8 Å². The van der Waals surface area contributed by atoms with Crippen LogP contribution in [0.3, 0.4) is 0 Å². The van der Waals surface area contributed by atoms with Crippen molar-refractivity contribution in [1.82, 2.24) is 0 Å². The molecule has 1 saturated carbocycles. The topological polar surface area (TPSA) is 37.3 Å². The van der Waals surface area contributed by atoms with E-state index in [1.165, 1.54) is 12.5 Å². The molecule has 0 aromatic heterocycles. The van der Waals surface area contributed by atoms with E-state index in [4.69, 9.17) is 0 Å². The molecule has 0 unspecified atom stereocenters. The number of aliphatic hydroxyl groups excluding tert-OH is 1. The molecular formula is C14H24O2. The molecule has 2 nitrogen and oxygen atoms in total. The summed E-state index contributed by atoms with van der Waals surface area (Å²) in [6.45, 7) is 7.76. The summed E-state index contributed by atoms with van der Waals surface area (Å²) in [5.74, 6) is 0.295. The van der Waals surface area contributed by atoms with Crippen LogP contribution in [0.4, 0.5) is 0 Å². The van der Waals surface area contributed by atoms with E-state index >= 15 is 0 Å². The summed E-state index contributed by atoms with van der Waals surface area (Å²) in [7, 11) is 0. The summed E-state index contributed by atoms with van der Waals surface area (Å²) in [6.07, 6.45) is 6.86. The predicted molar refractivity (Wildman–Crippen MR) is 66.4 cm³/mol. The number of hydrogen-bond donors (Lipinski definition) is 1. The van der Waals surface area contributed by atoms with Gasteiger partial charge in [0.1, 0.15) is 5.76 Å². The third-order valence-electron chi connectivity index (χ3n) is 3.59. The molecule has 0 radical (unpaired) electrons. The highest BCUT2D eigenvalue weighted by atomic mass is 16.3. The zero-order chi connectivity index (χ0) is 12.4. The largest absolute Gasteiger partial charge is 0.512 e. The molecule has 1 fully saturated rings. The Balaban J connectivity index is 2.78. The molecule has 2 heteroatoms. The molecular weight excluding hydrogens is 200 g/mol. The van der Waals surface area contributed by atoms with E-state index in [2.05, 4.69) is 0 Å². The fourth-order valence-electron chi connectivity index (χ4n) is 2.09. The number of allylic oxidation sites excluding steroid dienone is 2. The maximum absolute atomic E-state index is 12.1. The van der Waals surface area contributed by atoms with Gasteiger partial charge in [-0.1, -0.05) is 47.0 Å². The van der Waals surface area contributed by atoms with Crippen molar-refractivity contribution in [2.24, 2.45) is 10.8 Å². The summed E-state index contributed by atoms with van der Waals surface area (Å²) in [5, 5.41) is 9.84. The highest BCUT2D eigenvalue weighted by Crippen LogP contribution is 2.37. The standard InChI is InChI=1S/C14H24O2/c1-13(2,3)11(15)10-12(16)14(4)8-6-5-7-9-14/h10,15H,5-9H2,1-4H3/b11-10-. The van der Waals surface area contributed by atoms with Crippen LogP contribution in [0.15, 0.2) is 11.8 Å². The lowest BCUT2D eigenvalue weighted by Gasteiger charge is -2.31. The van der Waals surface area contributed by atoms with E-state index in [0.29, 0.717) is 0 Å². The van der Waals surface area contributed by atoms with Gasteiger partial charge in [-0.25, -0.2) is 0 Å². The lowest BCUT2D eigenvalue weighted by molar-refractivity contribution is -0.124. The van der Waals surface area contributed by atoms with E-state index in [9.17, 15) is 9.90 Å². The molecule has 0 bridgehead atoms. The smallest absolute Gasteiger partial charge is 0.164 e. The highest BCUT2D eigenvalue weighted by molar-refractivity contribution is 5.95. The average molecular weight is 224 g/mol. The van der Waals surface area contributed by atoms with Gasteiger partial charge in [-0.3, -0.25) is 4.79 Å². The second-order valence-corrected chi connectivity index (χ2v) is 6.27. The summed E-state index contributed by atoms with van der Waals surface area (Å²) in [4.78, 5) is 12.1. The number of aliphatic hydroxyl groups is 1. The van der Waals surface area contributed by atoms with E-state index < -0.39 is 0 Å². The molecule has 0 spiro atoms. The third kappa shape index (κ3) is 3.10. The van der Waals surface area contributed by atoms with Crippen LogP contribution in [-0.4, -0.2) is 10.9 Å². The van der Waals surface area contributed by atoms with E-state index in [-0.39, 0.29) is 22.4 Å². The van der Waals surface area contributed by atoms with Crippen molar-refractivity contribution in [3.8, 4) is 0 Å². The lowest BCUT2D eigenvalue weighted by Crippen LogP contribution is -2.29. The van der Waals surface area contributed by atoms with Crippen LogP contribution in [-0.2, 0) is 4.79 Å². The van der Waals surface area contributed by atoms with Gasteiger partial charge in [-0.2, -0.15) is 0 Å². The SMILES string of the molecule is CC1(C(=O)/C=C(\O)C(C)(C)C)CCCCC1. The van der Waals surface area contributed by atoms with Gasteiger partial charge in [0.05, 0.1) is 0 Å². The Morgan fingerprint density at radius 3 is 2.12 bits per heavy atom. The minimum absolute atomic E-state index is 0.0969. The molecule has 0 saturated heterocycles. The molecule has 1 aliphatic rings. The van der Waals surface area contributed by atoms with Gasteiger partial charge in [-0.05, 0) is 12.8 Å². The van der Waals surface area contributed by atoms with Gasteiger partial charge in [0.2, 0.25) is 0 Å². The number of carbonyl (C=O) groups excluding carboxylic acids is 1. The van der Waals surface area contributed by atoms with Gasteiger partial charge in [0, 0.05) is 16.9 Å². The first kappa shape index (κ1) is 13.3. The van der Waals surface area contributed by atoms with Crippen molar-refractivity contribution in [2.45, 2.75) is 59.8 Å². The van der Waals surface area contributed by atoms with Gasteiger partial charge in [-0.15, -0.1) is 0 Å². The fraction of sp³-hybridized carbons (Fsp3) is 0.786. The highest BCUT2D eigenvalue weighted by Gasteiger charge is 2.34. The summed E-state index contributed by atoms with van der Waals surface area (Å²) in [5.41, 5.74) is -0.571. The van der Waals surface area contributed by atoms with Crippen molar-refractivity contribution in [1.29, 1.82) is 0 Å². The zero-order valence-corrected chi connectivity index (χ0v) is 11.0. The Hall–Kier alpha value is -0.790. The Bertz CT molecular complexity index is 288. The zero-order valence-electron chi connectivity index (χ0n) is 11.0. The first-order chi connectivity index (χ1) is 7.26. The molecule has 0 atom stereocenters. The maximum atomic E-state index is 12.1. The number of rotatable bonds is 2. The average Bonchev–Trinajstić information content (AvgIpc) is 2.17. The number of hydrogen-bond acceptors (Lipinski definition) is 2. The molecule has 16 heavy (non-hydrogen) atoms. The second-order valence-electron chi connectivity index (χ2n) is 6.27. The van der Waals surface area contributed by atoms with Gasteiger partial charge in [0.25, 0.3) is 0 Å². The van der Waals surface area contributed by atoms with Crippen LogP contribution in [0.1, 0.15) is 59.8 Å². The minimum atomic E-state index is -0.333. The molecule has 1 aliphatic carbocycles. The number of ketones is 1. The molecule has 1 N–H and O–H groups in total. The van der Waals surface area contributed by atoms with Crippen LogP contribution in [0, 0.1) is 10.8 Å². The van der Waals surface area contributed by atoms with Gasteiger partial charge in [0.15, 0.2) is 5.78 Å². The molecule has 0 aromatic rings. The van der Waals surface area contributed by atoms with Crippen LogP contribution in [0.25, 0.3) is 0 Å². The molecule has 0 amide bonds. The summed E-state index contributed by atoms with van der Waals surface area (Å²) >= 11 is 0. The van der Waals surface area contributed by atoms with E-state index in [1.54, 1.807) is 0 Å². The molecule has 0 aliphatic heterocycles. The molecule has 92 valence electrons. The second kappa shape index (κ2) is 4.60. The Morgan fingerprint density at radius 2 is 1.69 bits per heavy atom. The van der Waals surface area contributed by atoms with Crippen LogP contribution in [0.2, 0.25) is 0 Å². The van der Waals surface area contributed by atoms with Crippen LogP contribution >= 0.6 is 0 Å². The summed E-state index contributed by atoms with van der Waals surface area (Å²) in [6, 6.07) is 0. The van der Waals surface area contributed by atoms with E-state index in [1.807, 2.05) is 27.7 Å². The molecule has 0 heterocycles. The Morgan fingerprint density at radius 1 is 1.19 bits per heavy atom. The van der Waals surface area contributed by atoms with Gasteiger partial charge >= 0.3 is 0 Å². The number of carbonyl (C=O) groups is 1. The molecule has 1 rings (SSSR count). The fourth-order valence-corrected chi connectivity index (χ4v) is 2.09. The molecule has 0 aromatic carbocycles. The third-order valence-corrected chi connectivity index (χ3v) is 3.59. The maximum Gasteiger partial charge on any atom is 0.164 e. The quantitative estimate of drug-likeness (QED) is 0.568. The first-order valence-electron chi connectivity index (χ1n) is 6.21. The van der Waals surface area contributed by atoms with Crippen molar-refractivity contribution in [3.63, 3.8) is 0 Å². The summed E-state index contributed by atoms with van der Waals surface area (Å²) < 4.78 is 0. The van der Waals surface area contributed by atoms with E-state index in [0.717, 1.165) is 25.7 Å². The monoisotopic (exact) mass is 224 g/mol. The Kier molecular flexibility index (Phi) is 3.82. The van der Waals surface area contributed by atoms with Gasteiger partial charge < -0.3 is 5.11 Å². The predicted octanol–water partition coefficient (Wildman–Crippen LogP) is 4.01. The Labute approximate surface area is 98.7 Å². The minimum Gasteiger partial charge on any atom is -0.512 e. The van der Waals surface area contributed by atoms with Crippen molar-refractivity contribution >= 4 is 5.78 Å². The van der Waals surface area contributed by atoms with Crippen LogP contribution in [0.5, 0.6) is 0 Å². The first-order valence-corrected chi connectivity index (χ1v) is 6.21. The lowest BCUT2D eigenvalue weighted by atomic mass is 9.72. The van der Waals surface area contributed by atoms with Crippen molar-refractivity contribution < 1.29 is 9.90 Å².